The molecule has 0 aromatic heterocycles. The molecule has 0 unspecified atom stereocenters. The van der Waals surface area contributed by atoms with Gasteiger partial charge in [-0.05, 0) is 18.7 Å². The van der Waals surface area contributed by atoms with Crippen molar-refractivity contribution in [3.8, 4) is 0 Å². The normalized spacial score (nSPS) is 11.1. The van der Waals surface area contributed by atoms with E-state index in [1.165, 1.54) is 0 Å². The summed E-state index contributed by atoms with van der Waals surface area (Å²) in [6, 6.07) is 8.25. The van der Waals surface area contributed by atoms with Gasteiger partial charge in [-0.15, -0.1) is 0 Å². The standard InChI is InChI=1S/C10H13NO2S.Y/c1-3-9-11(2)14(12,13)10-7-5-4-6-8-10;/h4-8H,1-3,9H2;/q-2;. The molecule has 0 spiro atoms. The molecule has 1 rings (SSSR count). The molecule has 0 saturated carbocycles. The molecule has 0 aliphatic carbocycles. The van der Waals surface area contributed by atoms with Crippen LogP contribution in [0.25, 0.3) is 0 Å². The summed E-state index contributed by atoms with van der Waals surface area (Å²) in [4.78, 5) is 0.267. The first-order valence-electron chi connectivity index (χ1n) is 4.26. The van der Waals surface area contributed by atoms with Crippen LogP contribution in [0, 0.1) is 14.0 Å². The van der Waals surface area contributed by atoms with Gasteiger partial charge in [0.2, 0.25) is 10.0 Å². The fraction of sp³-hybridized carbons (Fsp3) is 0.200. The third-order valence-electron chi connectivity index (χ3n) is 1.79. The Morgan fingerprint density at radius 3 is 2.20 bits per heavy atom. The van der Waals surface area contributed by atoms with Crippen LogP contribution >= 0.6 is 0 Å². The molecule has 0 aliphatic rings. The number of hydrogen-bond donors (Lipinski definition) is 0. The molecule has 15 heavy (non-hydrogen) atoms. The maximum Gasteiger partial charge on any atom is 0.215 e. The topological polar surface area (TPSA) is 37.4 Å². The van der Waals surface area contributed by atoms with Gasteiger partial charge in [0.1, 0.15) is 0 Å². The number of hydrogen-bond acceptors (Lipinski definition) is 2. The van der Waals surface area contributed by atoms with E-state index in [0.29, 0.717) is 13.0 Å². The zero-order valence-electron chi connectivity index (χ0n) is 8.46. The number of benzene rings is 1. The van der Waals surface area contributed by atoms with Gasteiger partial charge in [-0.25, -0.2) is 8.42 Å². The van der Waals surface area contributed by atoms with E-state index >= 15 is 0 Å². The molecule has 0 atom stereocenters. The van der Waals surface area contributed by atoms with Gasteiger partial charge in [0, 0.05) is 32.7 Å². The summed E-state index contributed by atoms with van der Waals surface area (Å²) in [6.45, 7) is 3.92. The van der Waals surface area contributed by atoms with Crippen molar-refractivity contribution >= 4 is 10.0 Å². The monoisotopic (exact) mass is 300 g/mol. The fourth-order valence-electron chi connectivity index (χ4n) is 1.04. The average Bonchev–Trinajstić information content (AvgIpc) is 2.19. The van der Waals surface area contributed by atoms with Crippen molar-refractivity contribution in [3.63, 3.8) is 0 Å². The Kier molecular flexibility index (Phi) is 6.84. The molecule has 3 nitrogen and oxygen atoms in total. The molecule has 0 aliphatic heterocycles. The van der Waals surface area contributed by atoms with Crippen molar-refractivity contribution < 1.29 is 41.1 Å². The van der Waals surface area contributed by atoms with Gasteiger partial charge < -0.3 is 11.2 Å². The number of rotatable bonds is 4. The quantitative estimate of drug-likeness (QED) is 0.794. The molecule has 5 heteroatoms. The molecule has 1 aromatic carbocycles. The van der Waals surface area contributed by atoms with E-state index in [4.69, 9.17) is 0 Å². The minimum absolute atomic E-state index is 0. The maximum atomic E-state index is 11.8. The second kappa shape index (κ2) is 6.74. The van der Waals surface area contributed by atoms with Gasteiger partial charge >= 0.3 is 0 Å². The van der Waals surface area contributed by atoms with Crippen molar-refractivity contribution in [1.82, 2.24) is 4.31 Å². The van der Waals surface area contributed by atoms with E-state index in [1.54, 1.807) is 30.3 Å². The summed E-state index contributed by atoms with van der Waals surface area (Å²) in [5, 5.41) is 0. The smallest absolute Gasteiger partial charge is 0.215 e. The Balaban J connectivity index is 0.00000196. The van der Waals surface area contributed by atoms with Crippen LogP contribution in [0.15, 0.2) is 35.2 Å². The summed E-state index contributed by atoms with van der Waals surface area (Å²) < 4.78 is 24.6. The molecular formula is C10H13NO2SY-2. The van der Waals surface area contributed by atoms with E-state index < -0.39 is 10.0 Å². The van der Waals surface area contributed by atoms with Crippen LogP contribution in [0.4, 0.5) is 0 Å². The van der Waals surface area contributed by atoms with Gasteiger partial charge in [-0.1, -0.05) is 18.2 Å². The molecule has 1 radical (unpaired) electrons. The molecule has 0 saturated heterocycles. The van der Waals surface area contributed by atoms with Crippen LogP contribution in [0.3, 0.4) is 0 Å². The predicted molar refractivity (Wildman–Crippen MR) is 55.7 cm³/mol. The van der Waals surface area contributed by atoms with Crippen LogP contribution in [0.5, 0.6) is 0 Å². The van der Waals surface area contributed by atoms with Crippen molar-refractivity contribution in [2.45, 2.75) is 11.3 Å². The van der Waals surface area contributed by atoms with Crippen LogP contribution in [-0.2, 0) is 42.7 Å². The zero-order valence-corrected chi connectivity index (χ0v) is 12.1. The minimum atomic E-state index is -3.42. The Labute approximate surface area is 117 Å². The molecule has 81 valence electrons. The molecule has 0 bridgehead atoms. The third kappa shape index (κ3) is 3.95. The summed E-state index contributed by atoms with van der Waals surface area (Å²) in [7, 11) is 0.0623. The first kappa shape index (κ1) is 15.2. The van der Waals surface area contributed by atoms with E-state index in [1.807, 2.05) is 0 Å². The van der Waals surface area contributed by atoms with Gasteiger partial charge in [0.25, 0.3) is 0 Å². The second-order valence-corrected chi connectivity index (χ2v) is 4.79. The first-order valence-corrected chi connectivity index (χ1v) is 5.70. The van der Waals surface area contributed by atoms with Crippen LogP contribution in [-0.4, -0.2) is 19.3 Å². The SMILES string of the molecule is [CH2-]CCN([CH2-])S(=O)(=O)c1ccccc1.[Y]. The molecule has 0 N–H and O–H groups in total. The third-order valence-corrected chi connectivity index (χ3v) is 3.52. The molecule has 0 fully saturated rings. The Hall–Kier alpha value is 0.234. The van der Waals surface area contributed by atoms with Gasteiger partial charge in [0.05, 0.1) is 4.90 Å². The second-order valence-electron chi connectivity index (χ2n) is 2.85. The zero-order chi connectivity index (χ0) is 10.6. The molecular weight excluding hydrogens is 287 g/mol. The predicted octanol–water partition coefficient (Wildman–Crippen LogP) is 1.69. The molecule has 1 aromatic rings. The Bertz CT molecular complexity index is 378. The van der Waals surface area contributed by atoms with Crippen LogP contribution < -0.4 is 0 Å². The summed E-state index contributed by atoms with van der Waals surface area (Å²) in [5.74, 6) is 0. The minimum Gasteiger partial charge on any atom is -0.353 e. The average molecular weight is 300 g/mol. The van der Waals surface area contributed by atoms with Crippen LogP contribution in [0.1, 0.15) is 6.42 Å². The van der Waals surface area contributed by atoms with Crippen molar-refractivity contribution in [3.05, 3.63) is 44.3 Å². The fourth-order valence-corrected chi connectivity index (χ4v) is 2.21. The summed E-state index contributed by atoms with van der Waals surface area (Å²) in [5.41, 5.74) is 0. The van der Waals surface area contributed by atoms with Crippen LogP contribution in [0.2, 0.25) is 0 Å². The molecule has 0 heterocycles. The largest absolute Gasteiger partial charge is 0.353 e. The van der Waals surface area contributed by atoms with E-state index in [-0.39, 0.29) is 37.6 Å². The number of sulfonamides is 1. The van der Waals surface area contributed by atoms with E-state index in [0.717, 1.165) is 4.31 Å². The Morgan fingerprint density at radius 2 is 1.73 bits per heavy atom. The van der Waals surface area contributed by atoms with Crippen molar-refractivity contribution in [2.24, 2.45) is 0 Å². The summed E-state index contributed by atoms with van der Waals surface area (Å²) in [6.07, 6.45) is 0.509. The van der Waals surface area contributed by atoms with Gasteiger partial charge in [-0.3, -0.25) is 7.05 Å². The van der Waals surface area contributed by atoms with Gasteiger partial charge in [-0.2, -0.15) is 6.42 Å². The van der Waals surface area contributed by atoms with Crippen molar-refractivity contribution in [1.29, 1.82) is 0 Å². The summed E-state index contributed by atoms with van der Waals surface area (Å²) >= 11 is 0. The van der Waals surface area contributed by atoms with Gasteiger partial charge in [0.15, 0.2) is 0 Å². The van der Waals surface area contributed by atoms with Crippen molar-refractivity contribution in [2.75, 3.05) is 6.54 Å². The first-order chi connectivity index (χ1) is 6.59. The Morgan fingerprint density at radius 1 is 1.20 bits per heavy atom. The number of nitrogens with zero attached hydrogens (tertiary/aromatic N) is 1. The van der Waals surface area contributed by atoms with E-state index in [2.05, 4.69) is 14.0 Å². The maximum absolute atomic E-state index is 11.8. The van der Waals surface area contributed by atoms with E-state index in [9.17, 15) is 8.42 Å². The molecule has 0 amide bonds.